The fourth-order valence-electron chi connectivity index (χ4n) is 4.09. The molecule has 0 heterocycles. The number of hydrogen-bond acceptors (Lipinski definition) is 0. The normalized spacial score (nSPS) is 15.9. The van der Waals surface area contributed by atoms with Gasteiger partial charge in [0.1, 0.15) is 0 Å². The van der Waals surface area contributed by atoms with Gasteiger partial charge in [-0.1, -0.05) is 109 Å². The first-order valence-corrected chi connectivity index (χ1v) is 9.92. The van der Waals surface area contributed by atoms with E-state index in [1.165, 1.54) is 44.5 Å². The van der Waals surface area contributed by atoms with Gasteiger partial charge in [0.2, 0.25) is 0 Å². The molecule has 134 valence electrons. The third-order valence-electron chi connectivity index (χ3n) is 5.56. The molecule has 0 saturated carbocycles. The molecular formula is C28H22. The lowest BCUT2D eigenvalue weighted by molar-refractivity contribution is 0.959. The fourth-order valence-corrected chi connectivity index (χ4v) is 4.09. The van der Waals surface area contributed by atoms with Crippen LogP contribution in [0.2, 0.25) is 0 Å². The lowest BCUT2D eigenvalue weighted by Crippen LogP contribution is -2.00. The van der Waals surface area contributed by atoms with Crippen molar-refractivity contribution >= 4 is 11.1 Å². The molecular weight excluding hydrogens is 336 g/mol. The first-order chi connectivity index (χ1) is 13.9. The van der Waals surface area contributed by atoms with Gasteiger partial charge in [-0.2, -0.15) is 0 Å². The minimum absolute atomic E-state index is 1.08. The Kier molecular flexibility index (Phi) is 4.39. The molecule has 0 amide bonds. The van der Waals surface area contributed by atoms with E-state index in [-0.39, 0.29) is 0 Å². The molecule has 0 spiro atoms. The summed E-state index contributed by atoms with van der Waals surface area (Å²) in [6.07, 6.45) is 2.16. The molecule has 4 aliphatic rings. The van der Waals surface area contributed by atoms with Crippen molar-refractivity contribution < 1.29 is 0 Å². The van der Waals surface area contributed by atoms with Crippen LogP contribution in [0.5, 0.6) is 0 Å². The summed E-state index contributed by atoms with van der Waals surface area (Å²) in [6.45, 7) is 0. The molecule has 0 nitrogen and oxygen atoms in total. The molecule has 0 unspecified atom stereocenters. The molecule has 4 bridgehead atoms. The van der Waals surface area contributed by atoms with Crippen molar-refractivity contribution in [2.75, 3.05) is 0 Å². The lowest BCUT2D eigenvalue weighted by Gasteiger charge is -2.19. The van der Waals surface area contributed by atoms with Crippen molar-refractivity contribution in [3.8, 4) is 0 Å². The van der Waals surface area contributed by atoms with Gasteiger partial charge in [-0.3, -0.25) is 0 Å². The monoisotopic (exact) mass is 358 g/mol. The van der Waals surface area contributed by atoms with E-state index in [0.29, 0.717) is 0 Å². The summed E-state index contributed by atoms with van der Waals surface area (Å²) in [6, 6.07) is 39.8. The summed E-state index contributed by atoms with van der Waals surface area (Å²) in [5, 5.41) is 0. The molecule has 0 atom stereocenters. The maximum atomic E-state index is 2.29. The lowest BCUT2D eigenvalue weighted by atomic mass is 9.84. The average Bonchev–Trinajstić information content (AvgIpc) is 2.77. The van der Waals surface area contributed by atoms with Gasteiger partial charge in [0.25, 0.3) is 0 Å². The number of aryl methyl sites for hydroxylation is 2. The van der Waals surface area contributed by atoms with E-state index in [2.05, 4.69) is 109 Å². The van der Waals surface area contributed by atoms with Crippen molar-refractivity contribution in [2.24, 2.45) is 0 Å². The molecule has 0 saturated heterocycles. The van der Waals surface area contributed by atoms with Gasteiger partial charge in [-0.05, 0) is 57.4 Å². The van der Waals surface area contributed by atoms with Crippen LogP contribution in [-0.4, -0.2) is 0 Å². The molecule has 4 aliphatic carbocycles. The van der Waals surface area contributed by atoms with Gasteiger partial charge >= 0.3 is 0 Å². The fraction of sp³-hybridized carbons (Fsp3) is 0.0714. The van der Waals surface area contributed by atoms with Gasteiger partial charge < -0.3 is 0 Å². The molecule has 0 N–H and O–H groups in total. The van der Waals surface area contributed by atoms with Crippen molar-refractivity contribution in [2.45, 2.75) is 12.8 Å². The predicted octanol–water partition coefficient (Wildman–Crippen LogP) is 6.79. The standard InChI is InChI=1S/C28H22/c1-3-7-23(8-4-1)27-25-17-13-21(14-18-25)11-12-22-15-19-26(20-16-22)28(27)24-9-5-2-6-10-24/h1-10,13-20H,11-12H2/b28-27-. The zero-order valence-electron chi connectivity index (χ0n) is 15.8. The van der Waals surface area contributed by atoms with Crippen LogP contribution < -0.4 is 0 Å². The summed E-state index contributed by atoms with van der Waals surface area (Å²) < 4.78 is 0. The van der Waals surface area contributed by atoms with Crippen LogP contribution in [0.15, 0.2) is 109 Å². The summed E-state index contributed by atoms with van der Waals surface area (Å²) in [5.74, 6) is 0. The SMILES string of the molecule is c1ccc(/C2=C(\c3ccccc3)c3ccc(cc3)CCc3ccc2cc3)cc1. The Labute approximate surface area is 166 Å². The third kappa shape index (κ3) is 3.18. The van der Waals surface area contributed by atoms with E-state index in [1.54, 1.807) is 0 Å². The second-order valence-corrected chi connectivity index (χ2v) is 7.38. The Morgan fingerprint density at radius 1 is 0.321 bits per heavy atom. The number of benzene rings is 4. The van der Waals surface area contributed by atoms with Crippen LogP contribution in [-0.2, 0) is 12.8 Å². The topological polar surface area (TPSA) is 0 Å². The van der Waals surface area contributed by atoms with Gasteiger partial charge in [0, 0.05) is 0 Å². The largest absolute Gasteiger partial charge is 0.0622 e. The summed E-state index contributed by atoms with van der Waals surface area (Å²) in [4.78, 5) is 0. The van der Waals surface area contributed by atoms with Crippen LogP contribution in [0.4, 0.5) is 0 Å². The quantitative estimate of drug-likeness (QED) is 0.370. The predicted molar refractivity (Wildman–Crippen MR) is 118 cm³/mol. The third-order valence-corrected chi connectivity index (χ3v) is 5.56. The van der Waals surface area contributed by atoms with Crippen molar-refractivity contribution in [1.29, 1.82) is 0 Å². The molecule has 8 rings (SSSR count). The highest BCUT2D eigenvalue weighted by Gasteiger charge is 2.16. The van der Waals surface area contributed by atoms with Gasteiger partial charge in [0.05, 0.1) is 0 Å². The van der Waals surface area contributed by atoms with Crippen molar-refractivity contribution in [3.05, 3.63) is 143 Å². The Morgan fingerprint density at radius 2 is 0.643 bits per heavy atom. The van der Waals surface area contributed by atoms with E-state index in [9.17, 15) is 0 Å². The Bertz CT molecular complexity index is 1010. The van der Waals surface area contributed by atoms with Crippen LogP contribution in [0, 0.1) is 0 Å². The molecule has 28 heavy (non-hydrogen) atoms. The summed E-state index contributed by atoms with van der Waals surface area (Å²) in [5.41, 5.74) is 10.4. The smallest absolute Gasteiger partial charge is 0.00268 e. The second-order valence-electron chi connectivity index (χ2n) is 7.38. The minimum Gasteiger partial charge on any atom is -0.0622 e. The zero-order valence-corrected chi connectivity index (χ0v) is 15.8. The first-order valence-electron chi connectivity index (χ1n) is 9.92. The second kappa shape index (κ2) is 7.32. The maximum Gasteiger partial charge on any atom is -0.00268 e. The van der Waals surface area contributed by atoms with E-state index < -0.39 is 0 Å². The first kappa shape index (κ1) is 16.8. The Hall–Kier alpha value is -3.38. The number of hydrogen-bond donors (Lipinski definition) is 0. The van der Waals surface area contributed by atoms with Crippen LogP contribution in [0.25, 0.3) is 11.1 Å². The molecule has 0 aliphatic heterocycles. The molecule has 0 aromatic heterocycles. The van der Waals surface area contributed by atoms with Gasteiger partial charge in [-0.15, -0.1) is 0 Å². The molecule has 0 heteroatoms. The average molecular weight is 358 g/mol. The van der Waals surface area contributed by atoms with E-state index in [4.69, 9.17) is 0 Å². The highest BCUT2D eigenvalue weighted by molar-refractivity contribution is 6.04. The van der Waals surface area contributed by atoms with E-state index >= 15 is 0 Å². The zero-order chi connectivity index (χ0) is 18.8. The van der Waals surface area contributed by atoms with E-state index in [1.807, 2.05) is 0 Å². The van der Waals surface area contributed by atoms with Crippen molar-refractivity contribution in [3.63, 3.8) is 0 Å². The van der Waals surface area contributed by atoms with Crippen LogP contribution in [0.1, 0.15) is 33.4 Å². The Morgan fingerprint density at radius 3 is 1.00 bits per heavy atom. The molecule has 4 aromatic carbocycles. The Balaban J connectivity index is 1.89. The van der Waals surface area contributed by atoms with Crippen LogP contribution >= 0.6 is 0 Å². The highest BCUT2D eigenvalue weighted by atomic mass is 14.2. The molecule has 0 radical (unpaired) electrons. The van der Waals surface area contributed by atoms with Crippen LogP contribution in [0.3, 0.4) is 0 Å². The molecule has 4 aromatic rings. The minimum atomic E-state index is 1.08. The summed E-state index contributed by atoms with van der Waals surface area (Å²) >= 11 is 0. The van der Waals surface area contributed by atoms with Crippen molar-refractivity contribution in [1.82, 2.24) is 0 Å². The number of rotatable bonds is 2. The highest BCUT2D eigenvalue weighted by Crippen LogP contribution is 2.37. The summed E-state index contributed by atoms with van der Waals surface area (Å²) in [7, 11) is 0. The molecule has 0 fully saturated rings. The van der Waals surface area contributed by atoms with Gasteiger partial charge in [0.15, 0.2) is 0 Å². The van der Waals surface area contributed by atoms with Gasteiger partial charge in [-0.25, -0.2) is 0 Å². The van der Waals surface area contributed by atoms with E-state index in [0.717, 1.165) is 12.8 Å². The maximum absolute atomic E-state index is 2.29.